The van der Waals surface area contributed by atoms with Crippen LogP contribution in [0.1, 0.15) is 32.1 Å². The lowest BCUT2D eigenvalue weighted by molar-refractivity contribution is -0.175. The summed E-state index contributed by atoms with van der Waals surface area (Å²) < 4.78 is 90.5. The van der Waals surface area contributed by atoms with Gasteiger partial charge >= 0.3 is 35.3 Å². The summed E-state index contributed by atoms with van der Waals surface area (Å²) in [6, 6.07) is 0. The number of halogens is 3. The maximum absolute atomic E-state index is 13.2. The van der Waals surface area contributed by atoms with Gasteiger partial charge in [0.25, 0.3) is 5.56 Å². The molecule has 0 amide bonds. The van der Waals surface area contributed by atoms with Gasteiger partial charge in [0.15, 0.2) is 6.23 Å². The number of H-pyrrole nitrogens is 1. The predicted molar refractivity (Wildman–Crippen MR) is 129 cm³/mol. The Morgan fingerprint density at radius 2 is 1.69 bits per heavy atom. The van der Waals surface area contributed by atoms with Crippen LogP contribution >= 0.6 is 23.5 Å². The second kappa shape index (κ2) is 13.4. The Balaban J connectivity index is 2.28. The monoisotopic (exact) mass is 676 g/mol. The Bertz CT molecular complexity index is 1450. The number of rotatable bonds is 13. The van der Waals surface area contributed by atoms with Crippen molar-refractivity contribution < 1.29 is 79.3 Å². The van der Waals surface area contributed by atoms with E-state index in [9.17, 15) is 61.2 Å². The summed E-state index contributed by atoms with van der Waals surface area (Å²) in [6.45, 7) is 1.90. The molecule has 1 aliphatic rings. The Kier molecular flexibility index (Phi) is 11.6. The Hall–Kier alpha value is -1.83. The molecule has 4 unspecified atom stereocenters. The molecule has 1 fully saturated rings. The second-order valence-corrected chi connectivity index (χ2v) is 13.5. The van der Waals surface area contributed by atoms with Crippen molar-refractivity contribution in [2.75, 3.05) is 6.61 Å². The van der Waals surface area contributed by atoms with Crippen LogP contribution in [0.15, 0.2) is 27.4 Å². The van der Waals surface area contributed by atoms with E-state index in [0.717, 1.165) is 0 Å². The number of hydrogen-bond donors (Lipinski definition) is 7. The van der Waals surface area contributed by atoms with E-state index in [0.29, 0.717) is 16.3 Å². The molecule has 0 saturated carbocycles. The van der Waals surface area contributed by atoms with Gasteiger partial charge in [-0.05, 0) is 26.7 Å². The largest absolute Gasteiger partial charge is 0.490 e. The maximum Gasteiger partial charge on any atom is 0.490 e. The number of aromatic amines is 1. The molecule has 2 rings (SSSR count). The number of ether oxygens (including phenoxy) is 1. The number of carbonyl (C=O) groups excluding carboxylic acids is 1. The molecule has 0 aromatic carbocycles. The van der Waals surface area contributed by atoms with Gasteiger partial charge in [-0.15, -0.1) is 0 Å². The molecule has 0 spiro atoms. The lowest BCUT2D eigenvalue weighted by Crippen LogP contribution is -2.40. The summed E-state index contributed by atoms with van der Waals surface area (Å²) in [4.78, 5) is 74.3. The van der Waals surface area contributed by atoms with E-state index in [4.69, 9.17) is 14.5 Å². The molecule has 0 bridgehead atoms. The minimum Gasteiger partial charge on any atom is -0.387 e. The van der Waals surface area contributed by atoms with Gasteiger partial charge in [-0.2, -0.15) is 21.8 Å². The average Bonchev–Trinajstić information content (AvgIpc) is 3.06. The van der Waals surface area contributed by atoms with Crippen LogP contribution in [0, 0.1) is 5.92 Å². The molecule has 24 heteroatoms. The Labute approximate surface area is 232 Å². The van der Waals surface area contributed by atoms with Gasteiger partial charge in [0.05, 0.1) is 6.61 Å². The van der Waals surface area contributed by atoms with Crippen LogP contribution in [-0.2, 0) is 42.8 Å². The first kappa shape index (κ1) is 36.4. The van der Waals surface area contributed by atoms with E-state index in [1.165, 1.54) is 6.08 Å². The van der Waals surface area contributed by atoms with Crippen molar-refractivity contribution in [2.24, 2.45) is 5.92 Å². The van der Waals surface area contributed by atoms with E-state index < -0.39 is 102 Å². The minimum atomic E-state index is -5.87. The van der Waals surface area contributed by atoms with Crippen molar-refractivity contribution in [3.8, 4) is 0 Å². The van der Waals surface area contributed by atoms with Crippen LogP contribution in [0.25, 0.3) is 0 Å². The van der Waals surface area contributed by atoms with Crippen LogP contribution < -0.4 is 11.2 Å². The van der Waals surface area contributed by atoms with Gasteiger partial charge in [-0.25, -0.2) is 18.5 Å². The number of phosphoric acid groups is 3. The quantitative estimate of drug-likeness (QED) is 0.108. The first-order valence-corrected chi connectivity index (χ1v) is 15.8. The fourth-order valence-electron chi connectivity index (χ4n) is 3.59. The van der Waals surface area contributed by atoms with Crippen molar-refractivity contribution in [3.05, 3.63) is 44.2 Å². The zero-order valence-corrected chi connectivity index (χ0v) is 24.0. The normalized spacial score (nSPS) is 24.9. The zero-order valence-electron chi connectivity index (χ0n) is 21.4. The molecule has 2 heterocycles. The van der Waals surface area contributed by atoms with Crippen molar-refractivity contribution in [1.29, 1.82) is 0 Å². The van der Waals surface area contributed by atoms with Gasteiger partial charge in [-0.3, -0.25) is 23.7 Å². The number of nitrogens with zero attached hydrogens (tertiary/aromatic N) is 1. The van der Waals surface area contributed by atoms with Gasteiger partial charge in [0.1, 0.15) is 18.3 Å². The molecule has 0 aliphatic carbocycles. The molecular weight excluding hydrogens is 650 g/mol. The minimum absolute atomic E-state index is 0.414. The van der Waals surface area contributed by atoms with E-state index in [-0.39, 0.29) is 0 Å². The molecule has 1 aromatic rings. The molecule has 18 nitrogen and oxygen atoms in total. The van der Waals surface area contributed by atoms with Crippen molar-refractivity contribution >= 4 is 29.3 Å². The third-order valence-electron chi connectivity index (χ3n) is 5.40. The smallest absolute Gasteiger partial charge is 0.387 e. The van der Waals surface area contributed by atoms with E-state index >= 15 is 0 Å². The van der Waals surface area contributed by atoms with E-state index in [1.807, 2.05) is 0 Å². The predicted octanol–water partition coefficient (Wildman–Crippen LogP) is 0.145. The number of aliphatic hydroxyl groups is 2. The number of alkyl halides is 3. The number of hydrogen-bond acceptors (Lipinski definition) is 12. The highest BCUT2D eigenvalue weighted by Crippen LogP contribution is 2.66. The van der Waals surface area contributed by atoms with Crippen LogP contribution in [0.5, 0.6) is 0 Å². The number of allylic oxidation sites excluding steroid dienone is 2. The number of carbonyl (C=O) groups is 1. The third kappa shape index (κ3) is 10.4. The number of ketones is 1. The molecular formula is C18H26F3N2O16P3. The van der Waals surface area contributed by atoms with Gasteiger partial charge in [0.2, 0.25) is 5.78 Å². The standard InChI is InChI=1S/C18H26F3N2O16P3/c1-8(2)3-4-9(14(26)18(19,20)21)5-10-6-23(17(28)22-15(10)27)16-13(25)12(24)11(37-16)7-36-41(32,33)39-42(34,35)38-40(29,30)31/h3,6,9,11-13,16,24-25H,4-5,7H2,1-2H3,(H,32,33)(H,34,35)(H,22,27,28)(H2,29,30,31)/t9?,11-,12?,13+,16-/m1/s1. The summed E-state index contributed by atoms with van der Waals surface area (Å²) in [5, 5.41) is 20.6. The van der Waals surface area contributed by atoms with Gasteiger partial charge < -0.3 is 34.5 Å². The molecule has 1 aromatic heterocycles. The van der Waals surface area contributed by atoms with E-state index in [2.05, 4.69) is 13.1 Å². The molecule has 7 N–H and O–H groups in total. The van der Waals surface area contributed by atoms with Crippen LogP contribution in [0.3, 0.4) is 0 Å². The summed E-state index contributed by atoms with van der Waals surface area (Å²) in [7, 11) is -17.2. The SMILES string of the molecule is CC(C)=CCC(Cc1cn([C@@H]2O[C@H](COP(=O)(O)OP(=O)(O)OP(=O)(O)O)C(O)[C@@H]2O)c(=O)[nH]c1=O)C(=O)C(F)(F)F. The van der Waals surface area contributed by atoms with Crippen LogP contribution in [-0.4, -0.2) is 76.2 Å². The summed E-state index contributed by atoms with van der Waals surface area (Å²) in [5.74, 6) is -3.92. The topological polar surface area (TPSA) is 281 Å². The van der Waals surface area contributed by atoms with Crippen LogP contribution in [0.4, 0.5) is 13.2 Å². The van der Waals surface area contributed by atoms with Crippen LogP contribution in [0.2, 0.25) is 0 Å². The molecule has 1 saturated heterocycles. The van der Waals surface area contributed by atoms with Gasteiger partial charge in [0, 0.05) is 17.7 Å². The molecule has 240 valence electrons. The van der Waals surface area contributed by atoms with Crippen molar-refractivity contribution in [2.45, 2.75) is 57.4 Å². The first-order chi connectivity index (χ1) is 18.9. The second-order valence-electron chi connectivity index (χ2n) is 9.03. The van der Waals surface area contributed by atoms with Crippen molar-refractivity contribution in [1.82, 2.24) is 9.55 Å². The number of Topliss-reactive ketones (excluding diaryl/α,β-unsaturated/α-hetero) is 1. The molecule has 42 heavy (non-hydrogen) atoms. The number of aliphatic hydroxyl groups excluding tert-OH is 2. The summed E-state index contributed by atoms with van der Waals surface area (Å²) >= 11 is 0. The fourth-order valence-corrected chi connectivity index (χ4v) is 6.62. The highest BCUT2D eigenvalue weighted by molar-refractivity contribution is 7.66. The summed E-state index contributed by atoms with van der Waals surface area (Å²) in [6.07, 6.45) is -12.2. The first-order valence-electron chi connectivity index (χ1n) is 11.3. The summed E-state index contributed by atoms with van der Waals surface area (Å²) in [5.41, 5.74) is -2.38. The highest BCUT2D eigenvalue weighted by atomic mass is 31.3. The third-order valence-corrected chi connectivity index (χ3v) is 9.20. The fraction of sp³-hybridized carbons (Fsp3) is 0.611. The molecule has 1 aliphatic heterocycles. The molecule has 7 atom stereocenters. The van der Waals surface area contributed by atoms with Crippen molar-refractivity contribution in [3.63, 3.8) is 0 Å². The molecule has 0 radical (unpaired) electrons. The number of nitrogens with one attached hydrogen (secondary N) is 1. The highest BCUT2D eigenvalue weighted by Gasteiger charge is 2.47. The lowest BCUT2D eigenvalue weighted by atomic mass is 9.92. The van der Waals surface area contributed by atoms with E-state index in [1.54, 1.807) is 18.8 Å². The number of phosphoric ester groups is 1. The van der Waals surface area contributed by atoms with Gasteiger partial charge in [-0.1, -0.05) is 11.6 Å². The Morgan fingerprint density at radius 3 is 2.21 bits per heavy atom. The maximum atomic E-state index is 13.2. The Morgan fingerprint density at radius 1 is 1.10 bits per heavy atom. The zero-order chi connectivity index (χ0) is 32.4. The number of aromatic nitrogens is 2. The average molecular weight is 676 g/mol. The lowest BCUT2D eigenvalue weighted by Gasteiger charge is -2.20.